The summed E-state index contributed by atoms with van der Waals surface area (Å²) < 4.78 is 0.923. The summed E-state index contributed by atoms with van der Waals surface area (Å²) in [5.41, 5.74) is 0.654. The first kappa shape index (κ1) is 14.8. The number of hydrogen-bond acceptors (Lipinski definition) is 1. The zero-order valence-corrected chi connectivity index (χ0v) is 13.0. The van der Waals surface area contributed by atoms with Gasteiger partial charge in [-0.2, -0.15) is 0 Å². The molecule has 1 aromatic carbocycles. The zero-order valence-electron chi connectivity index (χ0n) is 10.1. The van der Waals surface area contributed by atoms with Crippen molar-refractivity contribution in [3.63, 3.8) is 0 Å². The molecule has 1 unspecified atom stereocenters. The molecule has 94 valence electrons. The summed E-state index contributed by atoms with van der Waals surface area (Å²) in [7, 11) is 0. The van der Waals surface area contributed by atoms with E-state index >= 15 is 0 Å². The number of amides is 1. The fraction of sp³-hybridized carbons (Fsp3) is 0.462. The monoisotopic (exact) mass is 365 g/mol. The van der Waals surface area contributed by atoms with Crippen molar-refractivity contribution in [3.05, 3.63) is 32.4 Å². The number of carbonyl (C=O) groups is 1. The van der Waals surface area contributed by atoms with Crippen LogP contribution in [0, 0.1) is 3.57 Å². The fourth-order valence-electron chi connectivity index (χ4n) is 1.56. The van der Waals surface area contributed by atoms with Crippen LogP contribution < -0.4 is 5.32 Å². The van der Waals surface area contributed by atoms with Crippen LogP contribution in [0.25, 0.3) is 0 Å². The van der Waals surface area contributed by atoms with Crippen LogP contribution in [0.5, 0.6) is 0 Å². The summed E-state index contributed by atoms with van der Waals surface area (Å²) in [4.78, 5) is 12.0. The second-order valence-corrected chi connectivity index (χ2v) is 5.74. The molecule has 0 fully saturated rings. The number of carbonyl (C=O) groups excluding carboxylic acids is 1. The average molecular weight is 366 g/mol. The van der Waals surface area contributed by atoms with Gasteiger partial charge in [0.25, 0.3) is 5.91 Å². The van der Waals surface area contributed by atoms with Gasteiger partial charge in [0.15, 0.2) is 0 Å². The zero-order chi connectivity index (χ0) is 12.8. The predicted molar refractivity (Wildman–Crippen MR) is 80.6 cm³/mol. The van der Waals surface area contributed by atoms with Crippen molar-refractivity contribution >= 4 is 40.1 Å². The van der Waals surface area contributed by atoms with Gasteiger partial charge >= 0.3 is 0 Å². The quantitative estimate of drug-likeness (QED) is 0.776. The van der Waals surface area contributed by atoms with Crippen molar-refractivity contribution < 1.29 is 4.79 Å². The summed E-state index contributed by atoms with van der Waals surface area (Å²) in [6.07, 6.45) is 3.29. The van der Waals surface area contributed by atoms with E-state index in [0.29, 0.717) is 10.6 Å². The molecule has 4 heteroatoms. The van der Waals surface area contributed by atoms with Crippen molar-refractivity contribution in [2.75, 3.05) is 0 Å². The first-order valence-corrected chi connectivity index (χ1v) is 7.26. The highest BCUT2D eigenvalue weighted by Crippen LogP contribution is 2.18. The lowest BCUT2D eigenvalue weighted by Gasteiger charge is -2.14. The van der Waals surface area contributed by atoms with E-state index in [1.807, 2.05) is 13.0 Å². The van der Waals surface area contributed by atoms with Crippen molar-refractivity contribution in [1.29, 1.82) is 0 Å². The molecular weight excluding hydrogens is 349 g/mol. The second kappa shape index (κ2) is 7.21. The van der Waals surface area contributed by atoms with Gasteiger partial charge in [0, 0.05) is 14.6 Å². The molecule has 0 heterocycles. The van der Waals surface area contributed by atoms with Crippen LogP contribution in [0.3, 0.4) is 0 Å². The Kier molecular flexibility index (Phi) is 6.27. The molecule has 0 spiro atoms. The van der Waals surface area contributed by atoms with Crippen LogP contribution in [-0.4, -0.2) is 11.9 Å². The third kappa shape index (κ3) is 4.84. The van der Waals surface area contributed by atoms with Gasteiger partial charge in [0.05, 0.1) is 5.56 Å². The van der Waals surface area contributed by atoms with Crippen LogP contribution in [0.2, 0.25) is 5.02 Å². The fourth-order valence-corrected chi connectivity index (χ4v) is 2.31. The third-order valence-electron chi connectivity index (χ3n) is 2.54. The molecule has 1 N–H and O–H groups in total. The molecule has 0 aromatic heterocycles. The van der Waals surface area contributed by atoms with Gasteiger partial charge in [-0.3, -0.25) is 4.79 Å². The predicted octanol–water partition coefficient (Wildman–Crippen LogP) is 4.25. The Bertz CT molecular complexity index is 395. The Morgan fingerprint density at radius 2 is 2.24 bits per heavy atom. The van der Waals surface area contributed by atoms with Crippen molar-refractivity contribution in [2.24, 2.45) is 0 Å². The molecule has 17 heavy (non-hydrogen) atoms. The second-order valence-electron chi connectivity index (χ2n) is 4.14. The van der Waals surface area contributed by atoms with Crippen molar-refractivity contribution in [3.8, 4) is 0 Å². The summed E-state index contributed by atoms with van der Waals surface area (Å²) in [6, 6.07) is 5.57. The van der Waals surface area contributed by atoms with E-state index in [0.717, 1.165) is 22.8 Å². The number of nitrogens with one attached hydrogen (secondary N) is 1. The van der Waals surface area contributed by atoms with Gasteiger partial charge in [-0.05, 0) is 54.1 Å². The standard InChI is InChI=1S/C13H17ClINO/c1-3-4-5-9(2)16-13(17)11-8-10(14)6-7-12(11)15/h6-9H,3-5H2,1-2H3,(H,16,17). The van der Waals surface area contributed by atoms with Gasteiger partial charge in [0.1, 0.15) is 0 Å². The lowest BCUT2D eigenvalue weighted by Crippen LogP contribution is -2.32. The molecule has 0 saturated carbocycles. The molecule has 0 saturated heterocycles. The van der Waals surface area contributed by atoms with Crippen molar-refractivity contribution in [1.82, 2.24) is 5.32 Å². The minimum absolute atomic E-state index is 0.0412. The molecular formula is C13H17ClINO. The van der Waals surface area contributed by atoms with Gasteiger partial charge in [-0.25, -0.2) is 0 Å². The number of hydrogen-bond donors (Lipinski definition) is 1. The molecule has 1 amide bonds. The lowest BCUT2D eigenvalue weighted by molar-refractivity contribution is 0.0937. The molecule has 1 aromatic rings. The number of unbranched alkanes of at least 4 members (excludes halogenated alkanes) is 1. The van der Waals surface area contributed by atoms with E-state index in [9.17, 15) is 4.79 Å². The SMILES string of the molecule is CCCCC(C)NC(=O)c1cc(Cl)ccc1I. The van der Waals surface area contributed by atoms with Crippen molar-refractivity contribution in [2.45, 2.75) is 39.2 Å². The van der Waals surface area contributed by atoms with Gasteiger partial charge in [-0.15, -0.1) is 0 Å². The summed E-state index contributed by atoms with van der Waals surface area (Å²) in [6.45, 7) is 4.18. The Hall–Kier alpha value is -0.290. The van der Waals surface area contributed by atoms with E-state index in [1.165, 1.54) is 0 Å². The van der Waals surface area contributed by atoms with Crippen LogP contribution >= 0.6 is 34.2 Å². The molecule has 1 rings (SSSR count). The largest absolute Gasteiger partial charge is 0.350 e. The molecule has 0 radical (unpaired) electrons. The minimum atomic E-state index is -0.0412. The highest BCUT2D eigenvalue weighted by Gasteiger charge is 2.12. The van der Waals surface area contributed by atoms with Crippen LogP contribution in [-0.2, 0) is 0 Å². The number of rotatable bonds is 5. The Balaban J connectivity index is 2.66. The normalized spacial score (nSPS) is 12.2. The topological polar surface area (TPSA) is 29.1 Å². The van der Waals surface area contributed by atoms with E-state index in [1.54, 1.807) is 12.1 Å². The first-order valence-electron chi connectivity index (χ1n) is 5.80. The molecule has 0 aliphatic carbocycles. The van der Waals surface area contributed by atoms with E-state index in [4.69, 9.17) is 11.6 Å². The van der Waals surface area contributed by atoms with E-state index in [2.05, 4.69) is 34.8 Å². The Morgan fingerprint density at radius 3 is 2.88 bits per heavy atom. The number of benzene rings is 1. The molecule has 0 aliphatic rings. The van der Waals surface area contributed by atoms with Gasteiger partial charge in [0.2, 0.25) is 0 Å². The average Bonchev–Trinajstić information content (AvgIpc) is 2.29. The van der Waals surface area contributed by atoms with Crippen LogP contribution in [0.1, 0.15) is 43.5 Å². The first-order chi connectivity index (χ1) is 8.04. The highest BCUT2D eigenvalue weighted by molar-refractivity contribution is 14.1. The van der Waals surface area contributed by atoms with Gasteiger partial charge in [-0.1, -0.05) is 31.4 Å². The summed E-state index contributed by atoms with van der Waals surface area (Å²) in [5.74, 6) is -0.0412. The molecule has 0 aliphatic heterocycles. The maximum absolute atomic E-state index is 12.0. The third-order valence-corrected chi connectivity index (χ3v) is 3.72. The lowest BCUT2D eigenvalue weighted by atomic mass is 10.1. The van der Waals surface area contributed by atoms with E-state index in [-0.39, 0.29) is 11.9 Å². The van der Waals surface area contributed by atoms with E-state index < -0.39 is 0 Å². The maximum Gasteiger partial charge on any atom is 0.252 e. The summed E-state index contributed by atoms with van der Waals surface area (Å²) in [5, 5.41) is 3.59. The maximum atomic E-state index is 12.0. The Morgan fingerprint density at radius 1 is 1.53 bits per heavy atom. The van der Waals surface area contributed by atoms with Gasteiger partial charge < -0.3 is 5.32 Å². The smallest absolute Gasteiger partial charge is 0.252 e. The van der Waals surface area contributed by atoms with Crippen LogP contribution in [0.15, 0.2) is 18.2 Å². The summed E-state index contributed by atoms with van der Waals surface area (Å²) >= 11 is 8.05. The number of halogens is 2. The molecule has 2 nitrogen and oxygen atoms in total. The highest BCUT2D eigenvalue weighted by atomic mass is 127. The molecule has 0 bridgehead atoms. The van der Waals surface area contributed by atoms with Crippen LogP contribution in [0.4, 0.5) is 0 Å². The Labute approximate surface area is 121 Å². The molecule has 1 atom stereocenters. The minimum Gasteiger partial charge on any atom is -0.350 e.